The van der Waals surface area contributed by atoms with E-state index in [9.17, 15) is 4.79 Å². The molecule has 1 aliphatic carbocycles. The van der Waals surface area contributed by atoms with E-state index in [-0.39, 0.29) is 5.78 Å². The molecule has 0 amide bonds. The van der Waals surface area contributed by atoms with Crippen LogP contribution in [0, 0.1) is 6.42 Å². The van der Waals surface area contributed by atoms with E-state index in [4.69, 9.17) is 4.74 Å². The van der Waals surface area contributed by atoms with Crippen molar-refractivity contribution in [3.63, 3.8) is 0 Å². The maximum Gasteiger partial charge on any atom is 0.189 e. The lowest BCUT2D eigenvalue weighted by Crippen LogP contribution is -2.24. The van der Waals surface area contributed by atoms with Gasteiger partial charge in [-0.15, -0.1) is 0 Å². The molecular formula is C24H36NO2. The quantitative estimate of drug-likeness (QED) is 0.589. The number of rotatable bonds is 6. The van der Waals surface area contributed by atoms with Crippen molar-refractivity contribution in [2.24, 2.45) is 0 Å². The van der Waals surface area contributed by atoms with Gasteiger partial charge in [-0.3, -0.25) is 9.69 Å². The smallest absolute Gasteiger partial charge is 0.189 e. The fraction of sp³-hybridized carbons (Fsp3) is 0.500. The largest absolute Gasteiger partial charge is 0.496 e. The van der Waals surface area contributed by atoms with E-state index >= 15 is 0 Å². The highest BCUT2D eigenvalue weighted by atomic mass is 16.5. The van der Waals surface area contributed by atoms with Gasteiger partial charge in [0.2, 0.25) is 0 Å². The molecule has 1 aliphatic heterocycles. The summed E-state index contributed by atoms with van der Waals surface area (Å²) in [7, 11) is 0. The van der Waals surface area contributed by atoms with Crippen LogP contribution in [-0.2, 0) is 4.74 Å². The van der Waals surface area contributed by atoms with Crippen molar-refractivity contribution in [3.05, 3.63) is 65.3 Å². The topological polar surface area (TPSA) is 29.5 Å². The summed E-state index contributed by atoms with van der Waals surface area (Å²) in [6.45, 7) is 14.2. The maximum absolute atomic E-state index is 12.5. The molecule has 27 heavy (non-hydrogen) atoms. The second-order valence-corrected chi connectivity index (χ2v) is 6.27. The van der Waals surface area contributed by atoms with Crippen molar-refractivity contribution in [3.8, 4) is 0 Å². The Kier molecular flexibility index (Phi) is 11.4. The van der Waals surface area contributed by atoms with Crippen molar-refractivity contribution < 1.29 is 9.53 Å². The second kappa shape index (κ2) is 13.3. The molecule has 0 atom stereocenters. The monoisotopic (exact) mass is 370 g/mol. The Morgan fingerprint density at radius 3 is 2.26 bits per heavy atom. The number of nitrogens with zero attached hydrogens (tertiary/aromatic N) is 1. The van der Waals surface area contributed by atoms with E-state index in [0.29, 0.717) is 6.42 Å². The Labute approximate surface area is 166 Å². The minimum absolute atomic E-state index is 0.109. The molecule has 0 saturated carbocycles. The Morgan fingerprint density at radius 1 is 1.04 bits per heavy atom. The van der Waals surface area contributed by atoms with Gasteiger partial charge in [0, 0.05) is 30.5 Å². The first-order valence-corrected chi connectivity index (χ1v) is 10.4. The van der Waals surface area contributed by atoms with Crippen LogP contribution in [0.2, 0.25) is 0 Å². The van der Waals surface area contributed by atoms with Gasteiger partial charge < -0.3 is 4.74 Å². The maximum atomic E-state index is 12.5. The van der Waals surface area contributed by atoms with Gasteiger partial charge in [-0.2, -0.15) is 0 Å². The predicted octanol–water partition coefficient (Wildman–Crippen LogP) is 5.84. The van der Waals surface area contributed by atoms with Crippen LogP contribution >= 0.6 is 0 Å². The van der Waals surface area contributed by atoms with Crippen LogP contribution in [0.25, 0.3) is 0 Å². The third-order valence-electron chi connectivity index (χ3n) is 4.50. The highest BCUT2D eigenvalue weighted by Gasteiger charge is 2.19. The molecule has 0 spiro atoms. The number of benzene rings is 1. The number of hydrogen-bond donors (Lipinski definition) is 0. The van der Waals surface area contributed by atoms with Crippen molar-refractivity contribution >= 4 is 5.78 Å². The fourth-order valence-corrected chi connectivity index (χ4v) is 3.14. The lowest BCUT2D eigenvalue weighted by atomic mass is 9.92. The van der Waals surface area contributed by atoms with Gasteiger partial charge in [-0.05, 0) is 38.4 Å². The molecular weight excluding hydrogens is 334 g/mol. The molecule has 3 heteroatoms. The predicted molar refractivity (Wildman–Crippen MR) is 115 cm³/mol. The lowest BCUT2D eigenvalue weighted by molar-refractivity contribution is 0.103. The zero-order chi connectivity index (χ0) is 20.1. The number of carbonyl (C=O) groups is 1. The first kappa shape index (κ1) is 23.2. The average molecular weight is 371 g/mol. The normalized spacial score (nSPS) is 16.6. The summed E-state index contributed by atoms with van der Waals surface area (Å²) in [4.78, 5) is 14.9. The first-order chi connectivity index (χ1) is 13.2. The van der Waals surface area contributed by atoms with Gasteiger partial charge in [0.25, 0.3) is 0 Å². The number of allylic oxidation sites excluding steroid dienone is 3. The highest BCUT2D eigenvalue weighted by Crippen LogP contribution is 2.26. The van der Waals surface area contributed by atoms with Crippen LogP contribution in [0.15, 0.2) is 53.3 Å². The van der Waals surface area contributed by atoms with Gasteiger partial charge in [-0.25, -0.2) is 0 Å². The van der Waals surface area contributed by atoms with E-state index in [2.05, 4.69) is 4.90 Å². The molecule has 1 radical (unpaired) electrons. The van der Waals surface area contributed by atoms with Gasteiger partial charge in [-0.1, -0.05) is 64.1 Å². The minimum atomic E-state index is 0.109. The summed E-state index contributed by atoms with van der Waals surface area (Å²) in [5, 5.41) is 0. The van der Waals surface area contributed by atoms with E-state index in [1.165, 1.54) is 25.9 Å². The van der Waals surface area contributed by atoms with Crippen LogP contribution in [0.5, 0.6) is 0 Å². The van der Waals surface area contributed by atoms with Crippen molar-refractivity contribution in [1.29, 1.82) is 0 Å². The molecule has 2 aliphatic rings. The summed E-state index contributed by atoms with van der Waals surface area (Å²) in [5.41, 5.74) is 2.71. The molecule has 0 bridgehead atoms. The average Bonchev–Trinajstić information content (AvgIpc) is 3.26. The van der Waals surface area contributed by atoms with E-state index in [1.54, 1.807) is 0 Å². The number of Topliss-reactive ketones (excluding diaryl/α,β-unsaturated/α-hetero) is 1. The first-order valence-electron chi connectivity index (χ1n) is 10.4. The molecule has 1 fully saturated rings. The highest BCUT2D eigenvalue weighted by molar-refractivity contribution is 6.09. The van der Waals surface area contributed by atoms with Gasteiger partial charge >= 0.3 is 0 Å². The summed E-state index contributed by atoms with van der Waals surface area (Å²) in [5.74, 6) is 1.03. The molecule has 1 aromatic carbocycles. The molecule has 1 heterocycles. The number of hydrogen-bond acceptors (Lipinski definition) is 3. The summed E-state index contributed by atoms with van der Waals surface area (Å²) in [6, 6.07) is 9.45. The van der Waals surface area contributed by atoms with Crippen LogP contribution < -0.4 is 0 Å². The van der Waals surface area contributed by atoms with Crippen molar-refractivity contribution in [1.82, 2.24) is 4.90 Å². The molecule has 0 N–H and O–H groups in total. The minimum Gasteiger partial charge on any atom is -0.496 e. The third kappa shape index (κ3) is 7.34. The number of ether oxygens (including phenoxy) is 1. The van der Waals surface area contributed by atoms with Gasteiger partial charge in [0.1, 0.15) is 12.4 Å². The third-order valence-corrected chi connectivity index (χ3v) is 4.50. The SMILES string of the molecule is CC.CC.CC1=C(OCCN2CCCC2)[CH]C=C(C(=O)c2ccccc2)C1. The van der Waals surface area contributed by atoms with Gasteiger partial charge in [0.15, 0.2) is 5.78 Å². The second-order valence-electron chi connectivity index (χ2n) is 6.27. The van der Waals surface area contributed by atoms with Crippen molar-refractivity contribution in [2.45, 2.75) is 53.9 Å². The molecule has 1 aromatic rings. The van der Waals surface area contributed by atoms with Crippen LogP contribution in [0.3, 0.4) is 0 Å². The zero-order valence-corrected chi connectivity index (χ0v) is 17.8. The lowest BCUT2D eigenvalue weighted by Gasteiger charge is -2.20. The Balaban J connectivity index is 0.000000855. The summed E-state index contributed by atoms with van der Waals surface area (Å²) >= 11 is 0. The Morgan fingerprint density at radius 2 is 1.67 bits per heavy atom. The van der Waals surface area contributed by atoms with Crippen LogP contribution in [0.1, 0.15) is 64.2 Å². The molecule has 0 aromatic heterocycles. The zero-order valence-electron chi connectivity index (χ0n) is 17.8. The van der Waals surface area contributed by atoms with E-state index < -0.39 is 0 Å². The number of carbonyl (C=O) groups excluding carboxylic acids is 1. The van der Waals surface area contributed by atoms with Crippen molar-refractivity contribution in [2.75, 3.05) is 26.2 Å². The summed E-state index contributed by atoms with van der Waals surface area (Å²) < 4.78 is 5.92. The Bertz CT molecular complexity index is 611. The van der Waals surface area contributed by atoms with E-state index in [0.717, 1.165) is 35.6 Å². The number of ketones is 1. The summed E-state index contributed by atoms with van der Waals surface area (Å²) in [6.07, 6.45) is 7.14. The fourth-order valence-electron chi connectivity index (χ4n) is 3.14. The van der Waals surface area contributed by atoms with Crippen LogP contribution in [0.4, 0.5) is 0 Å². The van der Waals surface area contributed by atoms with E-state index in [1.807, 2.05) is 77.4 Å². The molecule has 3 nitrogen and oxygen atoms in total. The van der Waals surface area contributed by atoms with Crippen LogP contribution in [-0.4, -0.2) is 36.9 Å². The molecule has 1 saturated heterocycles. The van der Waals surface area contributed by atoms with Gasteiger partial charge in [0.05, 0.1) is 0 Å². The Hall–Kier alpha value is -1.87. The number of likely N-dealkylation sites (tertiary alicyclic amines) is 1. The molecule has 3 rings (SSSR count). The standard InChI is InChI=1S/C20H24NO2.2C2H6/c1-16-15-18(20(22)17-7-3-2-4-8-17)9-10-19(16)23-14-13-21-11-5-6-12-21;2*1-2/h2-4,7-10H,5-6,11-15H2,1H3;2*1-2H3. The molecule has 149 valence electrons. The molecule has 0 unspecified atom stereocenters.